The number of aromatic nitrogens is 1. The zero-order valence-electron chi connectivity index (χ0n) is 19.6. The number of hydrogen-bond acceptors (Lipinski definition) is 8. The van der Waals surface area contributed by atoms with Crippen LogP contribution in [-0.2, 0) is 16.1 Å². The van der Waals surface area contributed by atoms with Crippen molar-refractivity contribution in [2.75, 3.05) is 37.3 Å². The van der Waals surface area contributed by atoms with Crippen molar-refractivity contribution < 1.29 is 9.59 Å². The third kappa shape index (κ3) is 7.86. The van der Waals surface area contributed by atoms with E-state index >= 15 is 0 Å². The monoisotopic (exact) mass is 491 g/mol. The molecule has 0 aliphatic heterocycles. The minimum absolute atomic E-state index is 0.123. The molecule has 2 rings (SSSR count). The molecule has 0 spiro atoms. The van der Waals surface area contributed by atoms with Gasteiger partial charge in [0.05, 0.1) is 12.6 Å². The molecule has 0 bridgehead atoms. The molecule has 0 aliphatic rings. The van der Waals surface area contributed by atoms with Gasteiger partial charge in [0.15, 0.2) is 5.57 Å². The van der Waals surface area contributed by atoms with E-state index in [2.05, 4.69) is 27.4 Å². The minimum Gasteiger partial charge on any atom is -0.355 e. The number of hydrogen-bond donors (Lipinski definition) is 3. The number of anilines is 2. The highest BCUT2D eigenvalue weighted by atomic mass is 32.1. The molecule has 0 atom stereocenters. The molecule has 10 nitrogen and oxygen atoms in total. The number of nitrogens with zero attached hydrogens (tertiary/aromatic N) is 4. The first-order chi connectivity index (χ1) is 16.8. The Balaban J connectivity index is 2.35. The predicted octanol–water partition coefficient (Wildman–Crippen LogP) is 0.294. The second-order valence-electron chi connectivity index (χ2n) is 7.13. The largest absolute Gasteiger partial charge is 0.355 e. The number of likely N-dealkylation sites (N-methyl/N-ethyl adjacent to an activating group) is 1. The number of rotatable bonds is 9. The number of carbonyl (C=O) groups is 2. The summed E-state index contributed by atoms with van der Waals surface area (Å²) in [6, 6.07) is 10.6. The van der Waals surface area contributed by atoms with Crippen LogP contribution in [0.25, 0.3) is 11.5 Å². The van der Waals surface area contributed by atoms with Crippen molar-refractivity contribution in [3.05, 3.63) is 55.6 Å². The summed E-state index contributed by atoms with van der Waals surface area (Å²) in [5.74, 6) is -0.865. The summed E-state index contributed by atoms with van der Waals surface area (Å²) in [5, 5.41) is 26.0. The van der Waals surface area contributed by atoms with E-state index in [-0.39, 0.29) is 34.7 Å². The first-order valence-corrected chi connectivity index (χ1v) is 11.5. The van der Waals surface area contributed by atoms with Gasteiger partial charge in [0.2, 0.25) is 5.91 Å². The zero-order chi connectivity index (χ0) is 25.8. The Morgan fingerprint density at radius 2 is 1.97 bits per heavy atom. The van der Waals surface area contributed by atoms with Crippen LogP contribution in [0, 0.1) is 22.7 Å². The number of nitrogens with one attached hydrogen (secondary N) is 3. The van der Waals surface area contributed by atoms with Gasteiger partial charge in [-0.2, -0.15) is 10.5 Å². The predicted molar refractivity (Wildman–Crippen MR) is 135 cm³/mol. The van der Waals surface area contributed by atoms with E-state index in [1.165, 1.54) is 10.8 Å². The van der Waals surface area contributed by atoms with E-state index in [9.17, 15) is 19.6 Å². The maximum absolute atomic E-state index is 12.7. The van der Waals surface area contributed by atoms with E-state index in [0.717, 1.165) is 17.9 Å². The molecule has 0 saturated heterocycles. The van der Waals surface area contributed by atoms with Crippen molar-refractivity contribution in [3.8, 4) is 12.1 Å². The fourth-order valence-electron chi connectivity index (χ4n) is 2.76. The molecule has 0 aliphatic carbocycles. The minimum atomic E-state index is -0.742. The highest BCUT2D eigenvalue weighted by molar-refractivity contribution is 7.07. The van der Waals surface area contributed by atoms with Crippen LogP contribution in [0.2, 0.25) is 0 Å². The van der Waals surface area contributed by atoms with Crippen molar-refractivity contribution >= 4 is 46.0 Å². The summed E-state index contributed by atoms with van der Waals surface area (Å²) in [4.78, 5) is 38.7. The smallest absolute Gasteiger partial charge is 0.277 e. The van der Waals surface area contributed by atoms with Gasteiger partial charge >= 0.3 is 0 Å². The van der Waals surface area contributed by atoms with E-state index in [1.54, 1.807) is 43.3 Å². The Kier molecular flexibility index (Phi) is 10.3. The Morgan fingerprint density at radius 3 is 2.63 bits per heavy atom. The second kappa shape index (κ2) is 13.4. The van der Waals surface area contributed by atoms with Crippen LogP contribution >= 0.6 is 11.3 Å². The second-order valence-corrected chi connectivity index (χ2v) is 8.13. The number of amides is 2. The van der Waals surface area contributed by atoms with Gasteiger partial charge in [-0.05, 0) is 38.7 Å². The van der Waals surface area contributed by atoms with E-state index < -0.39 is 5.91 Å². The molecule has 1 heterocycles. The van der Waals surface area contributed by atoms with Crippen LogP contribution in [0.5, 0.6) is 0 Å². The molecular formula is C24H25N7O3S. The Morgan fingerprint density at radius 1 is 1.23 bits per heavy atom. The first-order valence-electron chi connectivity index (χ1n) is 10.7. The maximum Gasteiger partial charge on any atom is 0.277 e. The lowest BCUT2D eigenvalue weighted by Crippen LogP contribution is -2.30. The van der Waals surface area contributed by atoms with Crippen LogP contribution in [0.15, 0.2) is 40.8 Å². The zero-order valence-corrected chi connectivity index (χ0v) is 20.5. The van der Waals surface area contributed by atoms with E-state index in [4.69, 9.17) is 5.26 Å². The van der Waals surface area contributed by atoms with Crippen molar-refractivity contribution in [2.24, 2.45) is 0 Å². The van der Waals surface area contributed by atoms with Gasteiger partial charge in [0.25, 0.3) is 11.5 Å². The molecule has 180 valence electrons. The Hall–Kier alpha value is -4.37. The lowest BCUT2D eigenvalue weighted by atomic mass is 10.2. The van der Waals surface area contributed by atoms with Crippen LogP contribution < -0.4 is 30.7 Å². The normalized spacial score (nSPS) is 9.77. The van der Waals surface area contributed by atoms with Crippen LogP contribution in [0.4, 0.5) is 11.4 Å². The SMILES string of the molecule is CCN(C)CC(=O)Nc1cccc(NC=C=c2sc(=C=C(C#N)C(=O)NCC#N)n(CC)c2=O)c1. The molecule has 11 heteroatoms. The lowest BCUT2D eigenvalue weighted by Gasteiger charge is -2.13. The summed E-state index contributed by atoms with van der Waals surface area (Å²) >= 11 is 1.03. The first kappa shape index (κ1) is 26.9. The topological polar surface area (TPSA) is 143 Å². The molecule has 1 aromatic carbocycles. The highest BCUT2D eigenvalue weighted by Crippen LogP contribution is 2.14. The summed E-state index contributed by atoms with van der Waals surface area (Å²) in [5.41, 5.74) is 6.19. The fraction of sp³-hybridized carbons (Fsp3) is 0.292. The molecule has 0 radical (unpaired) electrons. The highest BCUT2D eigenvalue weighted by Gasteiger charge is 2.09. The van der Waals surface area contributed by atoms with E-state index in [0.29, 0.717) is 22.6 Å². The van der Waals surface area contributed by atoms with Gasteiger partial charge in [-0.3, -0.25) is 23.9 Å². The van der Waals surface area contributed by atoms with Crippen molar-refractivity contribution in [2.45, 2.75) is 20.4 Å². The van der Waals surface area contributed by atoms with Gasteiger partial charge in [-0.1, -0.05) is 35.8 Å². The molecule has 2 aromatic rings. The molecule has 0 fully saturated rings. The Bertz CT molecular complexity index is 1430. The Labute approximate surface area is 206 Å². The summed E-state index contributed by atoms with van der Waals surface area (Å²) in [7, 11) is 1.86. The fourth-order valence-corrected chi connectivity index (χ4v) is 3.75. The van der Waals surface area contributed by atoms with Crippen LogP contribution in [0.1, 0.15) is 13.8 Å². The van der Waals surface area contributed by atoms with Gasteiger partial charge in [0.1, 0.15) is 21.8 Å². The average molecular weight is 492 g/mol. The van der Waals surface area contributed by atoms with Gasteiger partial charge in [-0.25, -0.2) is 0 Å². The number of carbonyl (C=O) groups excluding carboxylic acids is 2. The molecule has 35 heavy (non-hydrogen) atoms. The summed E-state index contributed by atoms with van der Waals surface area (Å²) in [6.45, 7) is 4.83. The average Bonchev–Trinajstić information content (AvgIpc) is 3.14. The molecule has 2 amide bonds. The van der Waals surface area contributed by atoms with Crippen LogP contribution in [0.3, 0.4) is 0 Å². The number of benzene rings is 1. The lowest BCUT2D eigenvalue weighted by molar-refractivity contribution is -0.117. The van der Waals surface area contributed by atoms with E-state index in [1.807, 2.05) is 18.9 Å². The van der Waals surface area contributed by atoms with Crippen molar-refractivity contribution in [1.29, 1.82) is 10.5 Å². The van der Waals surface area contributed by atoms with Gasteiger partial charge in [0, 0.05) is 24.1 Å². The summed E-state index contributed by atoms with van der Waals surface area (Å²) < 4.78 is 1.92. The van der Waals surface area contributed by atoms with Crippen molar-refractivity contribution in [1.82, 2.24) is 14.8 Å². The quantitative estimate of drug-likeness (QED) is 0.260. The van der Waals surface area contributed by atoms with Gasteiger partial charge < -0.3 is 16.0 Å². The molecule has 3 N–H and O–H groups in total. The summed E-state index contributed by atoms with van der Waals surface area (Å²) in [6.07, 6.45) is 1.47. The molecular weight excluding hydrogens is 466 g/mol. The third-order valence-corrected chi connectivity index (χ3v) is 5.65. The van der Waals surface area contributed by atoms with Crippen LogP contribution in [-0.4, -0.2) is 48.0 Å². The van der Waals surface area contributed by atoms with Crippen molar-refractivity contribution in [3.63, 3.8) is 0 Å². The standard InChI is InChI=1S/C24H25N7O3S/c1-4-30(3)16-21(32)29-19-8-6-7-18(14-19)27-11-9-20-24(34)31(5-2)22(35-20)13-17(15-26)23(33)28-12-10-25/h6-8,11,14,27H,4-5,12,16H2,1-3H3,(H,28,33)(H,29,32). The molecule has 0 unspecified atom stereocenters. The maximum atomic E-state index is 12.7. The molecule has 0 saturated carbocycles. The van der Waals surface area contributed by atoms with Gasteiger partial charge in [-0.15, -0.1) is 0 Å². The number of nitriles is 2. The molecule has 1 aromatic heterocycles. The third-order valence-electron chi connectivity index (χ3n) is 4.64. The number of thiazole rings is 1.